The van der Waals surface area contributed by atoms with Crippen molar-refractivity contribution < 1.29 is 23.5 Å². The minimum absolute atomic E-state index is 0.00443. The van der Waals surface area contributed by atoms with Crippen LogP contribution in [0.5, 0.6) is 0 Å². The fraction of sp³-hybridized carbons (Fsp3) is 0.500. The molecule has 3 rings (SSSR count). The van der Waals surface area contributed by atoms with Crippen molar-refractivity contribution in [3.05, 3.63) is 40.4 Å². The number of anilines is 1. The van der Waals surface area contributed by atoms with Crippen LogP contribution < -0.4 is 10.2 Å². The minimum atomic E-state index is -0.711. The summed E-state index contributed by atoms with van der Waals surface area (Å²) in [6.07, 6.45) is 0.999. The molecule has 190 valence electrons. The number of hydrogen-bond acceptors (Lipinski definition) is 8. The van der Waals surface area contributed by atoms with Gasteiger partial charge in [-0.25, -0.2) is 14.6 Å². The van der Waals surface area contributed by atoms with Gasteiger partial charge in [-0.2, -0.15) is 4.98 Å². The topological polar surface area (TPSA) is 107 Å². The number of carbonyl (C=O) groups excluding carboxylic acids is 2. The molecular formula is C24H31ClN4O5S. The molecule has 2 amide bonds. The van der Waals surface area contributed by atoms with E-state index in [1.165, 1.54) is 22.5 Å². The van der Waals surface area contributed by atoms with E-state index >= 15 is 0 Å². The lowest BCUT2D eigenvalue weighted by Crippen LogP contribution is -2.38. The van der Waals surface area contributed by atoms with Gasteiger partial charge in [0.1, 0.15) is 17.0 Å². The molecule has 3 aromatic rings. The van der Waals surface area contributed by atoms with Crippen LogP contribution in [-0.2, 0) is 22.4 Å². The number of halogens is 1. The predicted molar refractivity (Wildman–Crippen MR) is 136 cm³/mol. The van der Waals surface area contributed by atoms with Crippen molar-refractivity contribution >= 4 is 51.2 Å². The van der Waals surface area contributed by atoms with Gasteiger partial charge in [-0.1, -0.05) is 0 Å². The third-order valence-electron chi connectivity index (χ3n) is 4.41. The monoisotopic (exact) mass is 522 g/mol. The van der Waals surface area contributed by atoms with Crippen molar-refractivity contribution in [2.45, 2.75) is 78.7 Å². The molecule has 0 bridgehead atoms. The summed E-state index contributed by atoms with van der Waals surface area (Å²) in [5.41, 5.74) is -0.697. The number of thiophene rings is 1. The molecule has 0 aromatic carbocycles. The highest BCUT2D eigenvalue weighted by molar-refractivity contribution is 7.19. The zero-order valence-electron chi connectivity index (χ0n) is 21.0. The first-order chi connectivity index (χ1) is 16.2. The van der Waals surface area contributed by atoms with E-state index in [9.17, 15) is 9.59 Å². The Morgan fingerprint density at radius 3 is 2.46 bits per heavy atom. The van der Waals surface area contributed by atoms with Crippen LogP contribution in [0.25, 0.3) is 10.2 Å². The Balaban J connectivity index is 1.91. The molecular weight excluding hydrogens is 492 g/mol. The lowest BCUT2D eigenvalue weighted by molar-refractivity contribution is 0.0507. The Kier molecular flexibility index (Phi) is 7.96. The Hall–Kier alpha value is -2.85. The lowest BCUT2D eigenvalue weighted by Gasteiger charge is -2.26. The quantitative estimate of drug-likeness (QED) is 0.376. The number of rotatable bonds is 6. The van der Waals surface area contributed by atoms with Crippen molar-refractivity contribution in [3.63, 3.8) is 0 Å². The average Bonchev–Trinajstić information content (AvgIpc) is 3.31. The number of fused-ring (bicyclic) bond motifs is 1. The predicted octanol–water partition coefficient (Wildman–Crippen LogP) is 6.34. The summed E-state index contributed by atoms with van der Waals surface area (Å²) in [5, 5.41) is 2.84. The minimum Gasteiger partial charge on any atom is -0.467 e. The molecule has 0 unspecified atom stereocenters. The number of carbonyl (C=O) groups is 2. The molecule has 3 aromatic heterocycles. The summed E-state index contributed by atoms with van der Waals surface area (Å²) >= 11 is 7.66. The van der Waals surface area contributed by atoms with E-state index in [1.807, 2.05) is 33.8 Å². The average molecular weight is 523 g/mol. The van der Waals surface area contributed by atoms with Crippen LogP contribution >= 0.6 is 22.9 Å². The second kappa shape index (κ2) is 10.4. The molecule has 35 heavy (non-hydrogen) atoms. The van der Waals surface area contributed by atoms with E-state index in [0.717, 1.165) is 4.88 Å². The molecule has 0 aliphatic rings. The highest BCUT2D eigenvalue weighted by Gasteiger charge is 2.28. The van der Waals surface area contributed by atoms with E-state index in [-0.39, 0.29) is 17.9 Å². The number of hydrogen-bond donors (Lipinski definition) is 1. The van der Waals surface area contributed by atoms with Gasteiger partial charge < -0.3 is 19.2 Å². The first-order valence-corrected chi connectivity index (χ1v) is 12.4. The van der Waals surface area contributed by atoms with Gasteiger partial charge in [0.25, 0.3) is 0 Å². The first kappa shape index (κ1) is 26.7. The van der Waals surface area contributed by atoms with Crippen LogP contribution in [0, 0.1) is 0 Å². The van der Waals surface area contributed by atoms with Crippen molar-refractivity contribution in [2.75, 3.05) is 4.90 Å². The number of nitrogens with zero attached hydrogens (tertiary/aromatic N) is 3. The Bertz CT molecular complexity index is 1180. The maximum atomic E-state index is 13.2. The van der Waals surface area contributed by atoms with E-state index in [0.29, 0.717) is 28.2 Å². The smallest absolute Gasteiger partial charge is 0.416 e. The number of alkyl carbamates (subject to hydrolysis) is 1. The van der Waals surface area contributed by atoms with Crippen LogP contribution in [-0.4, -0.2) is 39.4 Å². The van der Waals surface area contributed by atoms with Gasteiger partial charge in [0.05, 0.1) is 23.0 Å². The summed E-state index contributed by atoms with van der Waals surface area (Å²) in [5.74, 6) is 0.889. The standard InChI is InChI=1S/C24H31ClN4O5S/c1-14(26-21(30)33-23(2,3)4)11-16-12-17-18(35-16)19(28-20(25)27-17)29(13-15-9-8-10-32-15)22(31)34-24(5,6)7/h8-10,12,14H,11,13H2,1-7H3,(H,26,30)/t14-/m1/s1. The zero-order chi connectivity index (χ0) is 26.0. The van der Waals surface area contributed by atoms with Crippen LogP contribution in [0.3, 0.4) is 0 Å². The van der Waals surface area contributed by atoms with Crippen LogP contribution in [0.4, 0.5) is 15.4 Å². The van der Waals surface area contributed by atoms with Crippen molar-refractivity contribution in [3.8, 4) is 0 Å². The van der Waals surface area contributed by atoms with Gasteiger partial charge in [0, 0.05) is 17.3 Å². The van der Waals surface area contributed by atoms with Gasteiger partial charge in [-0.3, -0.25) is 4.90 Å². The van der Waals surface area contributed by atoms with E-state index in [4.69, 9.17) is 25.5 Å². The van der Waals surface area contributed by atoms with Crippen LogP contribution in [0.2, 0.25) is 5.28 Å². The summed E-state index contributed by atoms with van der Waals surface area (Å²) in [4.78, 5) is 36.3. The maximum Gasteiger partial charge on any atom is 0.416 e. The van der Waals surface area contributed by atoms with Crippen LogP contribution in [0.15, 0.2) is 28.9 Å². The Morgan fingerprint density at radius 2 is 1.86 bits per heavy atom. The highest BCUT2D eigenvalue weighted by Crippen LogP contribution is 2.35. The molecule has 9 nitrogen and oxygen atoms in total. The molecule has 1 N–H and O–H groups in total. The van der Waals surface area contributed by atoms with Crippen LogP contribution in [0.1, 0.15) is 59.1 Å². The maximum absolute atomic E-state index is 13.2. The number of aromatic nitrogens is 2. The van der Waals surface area contributed by atoms with Gasteiger partial charge >= 0.3 is 12.2 Å². The lowest BCUT2D eigenvalue weighted by atomic mass is 10.2. The number of ether oxygens (including phenoxy) is 2. The second-order valence-corrected chi connectivity index (χ2v) is 11.6. The zero-order valence-corrected chi connectivity index (χ0v) is 22.5. The third kappa shape index (κ3) is 7.83. The molecule has 0 spiro atoms. The molecule has 11 heteroatoms. The summed E-state index contributed by atoms with van der Waals surface area (Å²) in [6, 6.07) is 5.19. The van der Waals surface area contributed by atoms with Crippen molar-refractivity contribution in [1.82, 2.24) is 15.3 Å². The van der Waals surface area contributed by atoms with Gasteiger partial charge in [-0.15, -0.1) is 11.3 Å². The molecule has 3 heterocycles. The molecule has 1 atom stereocenters. The van der Waals surface area contributed by atoms with Gasteiger partial charge in [0.2, 0.25) is 5.28 Å². The van der Waals surface area contributed by atoms with Crippen molar-refractivity contribution in [1.29, 1.82) is 0 Å². The number of amides is 2. The third-order valence-corrected chi connectivity index (χ3v) is 5.72. The van der Waals surface area contributed by atoms with E-state index < -0.39 is 23.4 Å². The number of furan rings is 1. The molecule has 0 aliphatic heterocycles. The van der Waals surface area contributed by atoms with Gasteiger partial charge in [-0.05, 0) is 78.3 Å². The Morgan fingerprint density at radius 1 is 1.17 bits per heavy atom. The normalized spacial score (nSPS) is 12.9. The van der Waals surface area contributed by atoms with E-state index in [1.54, 1.807) is 32.9 Å². The molecule has 0 saturated heterocycles. The van der Waals surface area contributed by atoms with Crippen molar-refractivity contribution in [2.24, 2.45) is 0 Å². The fourth-order valence-corrected chi connectivity index (χ4v) is 4.58. The summed E-state index contributed by atoms with van der Waals surface area (Å²) in [6.45, 7) is 12.8. The second-order valence-electron chi connectivity index (χ2n) is 10.1. The Labute approximate surface area is 213 Å². The largest absolute Gasteiger partial charge is 0.467 e. The fourth-order valence-electron chi connectivity index (χ4n) is 3.18. The highest BCUT2D eigenvalue weighted by atomic mass is 35.5. The molecule has 0 saturated carbocycles. The summed E-state index contributed by atoms with van der Waals surface area (Å²) in [7, 11) is 0. The van der Waals surface area contributed by atoms with Gasteiger partial charge in [0.15, 0.2) is 5.82 Å². The molecule has 0 fully saturated rings. The molecule has 0 aliphatic carbocycles. The number of nitrogens with one attached hydrogen (secondary N) is 1. The van der Waals surface area contributed by atoms with E-state index in [2.05, 4.69) is 15.3 Å². The molecule has 0 radical (unpaired) electrons. The SMILES string of the molecule is C[C@H](Cc1cc2nc(Cl)nc(N(Cc3ccco3)C(=O)OC(C)(C)C)c2s1)NC(=O)OC(C)(C)C. The summed E-state index contributed by atoms with van der Waals surface area (Å²) < 4.78 is 17.1. The first-order valence-electron chi connectivity index (χ1n) is 11.2.